The van der Waals surface area contributed by atoms with Gasteiger partial charge in [0.05, 0.1) is 11.4 Å². The quantitative estimate of drug-likeness (QED) is 0.172. The van der Waals surface area contributed by atoms with E-state index in [-0.39, 0.29) is 0 Å². The average Bonchev–Trinajstić information content (AvgIpc) is 3.24. The van der Waals surface area contributed by atoms with Gasteiger partial charge in [0, 0.05) is 34.6 Å². The molecule has 52 heavy (non-hydrogen) atoms. The molecule has 0 atom stereocenters. The van der Waals surface area contributed by atoms with E-state index in [1.807, 2.05) is 30.5 Å². The molecule has 0 bridgehead atoms. The highest BCUT2D eigenvalue weighted by atomic mass is 14.9. The lowest BCUT2D eigenvalue weighted by Crippen LogP contribution is -1.97. The molecule has 0 radical (unpaired) electrons. The summed E-state index contributed by atoms with van der Waals surface area (Å²) >= 11 is 0. The summed E-state index contributed by atoms with van der Waals surface area (Å²) in [5.41, 5.74) is 9.26. The number of hydrogen-bond donors (Lipinski definition) is 0. The van der Waals surface area contributed by atoms with E-state index in [1.54, 1.807) is 6.20 Å². The lowest BCUT2D eigenvalue weighted by atomic mass is 9.87. The van der Waals surface area contributed by atoms with Crippen molar-refractivity contribution in [3.63, 3.8) is 0 Å². The summed E-state index contributed by atoms with van der Waals surface area (Å²) in [5.74, 6) is 0.680. The first-order valence-electron chi connectivity index (χ1n) is 17.6. The molecule has 3 nitrogen and oxygen atoms in total. The smallest absolute Gasteiger partial charge is 0.161 e. The summed E-state index contributed by atoms with van der Waals surface area (Å²) in [6, 6.07) is 62.5. The molecule has 2 heterocycles. The van der Waals surface area contributed by atoms with Crippen LogP contribution in [0.25, 0.3) is 99.2 Å². The van der Waals surface area contributed by atoms with Gasteiger partial charge in [-0.1, -0.05) is 158 Å². The van der Waals surface area contributed by atoms with Crippen molar-refractivity contribution in [2.24, 2.45) is 0 Å². The van der Waals surface area contributed by atoms with Crippen molar-refractivity contribution >= 4 is 43.1 Å². The molecule has 0 N–H and O–H groups in total. The Hall–Kier alpha value is -6.97. The largest absolute Gasteiger partial charge is 0.264 e. The van der Waals surface area contributed by atoms with E-state index in [4.69, 9.17) is 9.97 Å². The summed E-state index contributed by atoms with van der Waals surface area (Å²) < 4.78 is 0. The fourth-order valence-electron chi connectivity index (χ4n) is 7.75. The van der Waals surface area contributed by atoms with Crippen LogP contribution in [0.5, 0.6) is 0 Å². The number of pyridine rings is 1. The standard InChI is InChI=1S/C49H31N3/c1-2-13-33(14-3-1)46-30-47(52-49(51-46)43-23-11-4-16-36(43)35-15-12-28-50-31-35)34-26-24-32(25-27-34)44-29-45-39-19-6-5-17-37(39)38-18-7-9-21-41(38)48(45)42-22-10-8-20-40(42)44/h1-31H. The van der Waals surface area contributed by atoms with Crippen LogP contribution in [0.3, 0.4) is 0 Å². The Labute approximate surface area is 301 Å². The van der Waals surface area contributed by atoms with Gasteiger partial charge >= 0.3 is 0 Å². The van der Waals surface area contributed by atoms with E-state index < -0.39 is 0 Å². The third-order valence-corrected chi connectivity index (χ3v) is 10.2. The van der Waals surface area contributed by atoms with E-state index in [0.29, 0.717) is 5.82 Å². The number of benzene rings is 8. The van der Waals surface area contributed by atoms with Crippen molar-refractivity contribution in [2.75, 3.05) is 0 Å². The second-order valence-corrected chi connectivity index (χ2v) is 13.2. The molecule has 0 amide bonds. The molecule has 8 aromatic carbocycles. The van der Waals surface area contributed by atoms with Gasteiger partial charge < -0.3 is 0 Å². The Morgan fingerprint density at radius 2 is 0.808 bits per heavy atom. The van der Waals surface area contributed by atoms with E-state index in [0.717, 1.165) is 39.2 Å². The van der Waals surface area contributed by atoms with Crippen LogP contribution in [0.15, 0.2) is 188 Å². The minimum atomic E-state index is 0.680. The third-order valence-electron chi connectivity index (χ3n) is 10.2. The van der Waals surface area contributed by atoms with Crippen molar-refractivity contribution in [3.8, 4) is 56.2 Å². The van der Waals surface area contributed by atoms with E-state index >= 15 is 0 Å². The monoisotopic (exact) mass is 661 g/mol. The Balaban J connectivity index is 1.15. The van der Waals surface area contributed by atoms with Crippen molar-refractivity contribution in [2.45, 2.75) is 0 Å². The maximum absolute atomic E-state index is 5.21. The first kappa shape index (κ1) is 29.9. The van der Waals surface area contributed by atoms with Crippen LogP contribution in [0.4, 0.5) is 0 Å². The van der Waals surface area contributed by atoms with Gasteiger partial charge in [-0.05, 0) is 78.0 Å². The first-order valence-corrected chi connectivity index (χ1v) is 17.6. The van der Waals surface area contributed by atoms with Crippen LogP contribution in [0.1, 0.15) is 0 Å². The van der Waals surface area contributed by atoms with Gasteiger partial charge in [0.25, 0.3) is 0 Å². The van der Waals surface area contributed by atoms with Crippen molar-refractivity contribution in [3.05, 3.63) is 188 Å². The molecule has 0 unspecified atom stereocenters. The molecule has 0 fully saturated rings. The molecule has 10 aromatic rings. The Kier molecular flexibility index (Phi) is 7.14. The number of hydrogen-bond acceptors (Lipinski definition) is 3. The van der Waals surface area contributed by atoms with Gasteiger partial charge in [0.15, 0.2) is 5.82 Å². The number of aromatic nitrogens is 3. The Morgan fingerprint density at radius 1 is 0.308 bits per heavy atom. The highest BCUT2D eigenvalue weighted by molar-refractivity contribution is 6.33. The fraction of sp³-hybridized carbons (Fsp3) is 0. The van der Waals surface area contributed by atoms with E-state index in [2.05, 4.69) is 157 Å². The van der Waals surface area contributed by atoms with Crippen molar-refractivity contribution in [1.29, 1.82) is 0 Å². The molecule has 10 rings (SSSR count). The molecule has 0 saturated carbocycles. The van der Waals surface area contributed by atoms with Crippen LogP contribution in [0.2, 0.25) is 0 Å². The second kappa shape index (κ2) is 12.4. The number of fused-ring (bicyclic) bond motifs is 8. The minimum Gasteiger partial charge on any atom is -0.264 e. The average molecular weight is 662 g/mol. The fourth-order valence-corrected chi connectivity index (χ4v) is 7.75. The molecule has 242 valence electrons. The van der Waals surface area contributed by atoms with Gasteiger partial charge in [0.1, 0.15) is 0 Å². The van der Waals surface area contributed by atoms with Crippen LogP contribution < -0.4 is 0 Å². The zero-order valence-corrected chi connectivity index (χ0v) is 28.2. The van der Waals surface area contributed by atoms with Crippen LogP contribution in [-0.2, 0) is 0 Å². The maximum atomic E-state index is 5.21. The van der Waals surface area contributed by atoms with Crippen molar-refractivity contribution in [1.82, 2.24) is 15.0 Å². The van der Waals surface area contributed by atoms with Gasteiger partial charge in [0.2, 0.25) is 0 Å². The summed E-state index contributed by atoms with van der Waals surface area (Å²) in [4.78, 5) is 14.7. The molecule has 0 aliphatic rings. The predicted octanol–water partition coefficient (Wildman–Crippen LogP) is 12.8. The Bertz CT molecular complexity index is 2930. The molecule has 0 spiro atoms. The summed E-state index contributed by atoms with van der Waals surface area (Å²) in [6.45, 7) is 0. The number of rotatable bonds is 5. The molecule has 0 aliphatic carbocycles. The highest BCUT2D eigenvalue weighted by Gasteiger charge is 2.17. The summed E-state index contributed by atoms with van der Waals surface area (Å²) in [7, 11) is 0. The SMILES string of the molecule is c1ccc(-c2cc(-c3ccc(-c4cc5c6ccccc6c6ccccc6c5c5ccccc45)cc3)nc(-c3ccccc3-c3cccnc3)n2)cc1. The van der Waals surface area contributed by atoms with Gasteiger partial charge in [-0.2, -0.15) is 0 Å². The van der Waals surface area contributed by atoms with E-state index in [1.165, 1.54) is 54.2 Å². The summed E-state index contributed by atoms with van der Waals surface area (Å²) in [6.07, 6.45) is 3.69. The molecular weight excluding hydrogens is 631 g/mol. The van der Waals surface area contributed by atoms with E-state index in [9.17, 15) is 0 Å². The lowest BCUT2D eigenvalue weighted by Gasteiger charge is -2.16. The molecular formula is C49H31N3. The van der Waals surface area contributed by atoms with Crippen molar-refractivity contribution < 1.29 is 0 Å². The second-order valence-electron chi connectivity index (χ2n) is 13.2. The first-order chi connectivity index (χ1) is 25.8. The normalized spacial score (nSPS) is 11.5. The van der Waals surface area contributed by atoms with Crippen LogP contribution in [0, 0.1) is 0 Å². The molecule has 2 aromatic heterocycles. The van der Waals surface area contributed by atoms with Gasteiger partial charge in [-0.3, -0.25) is 4.98 Å². The van der Waals surface area contributed by atoms with Gasteiger partial charge in [-0.15, -0.1) is 0 Å². The maximum Gasteiger partial charge on any atom is 0.161 e. The number of nitrogens with zero attached hydrogens (tertiary/aromatic N) is 3. The zero-order chi connectivity index (χ0) is 34.4. The molecule has 0 aliphatic heterocycles. The highest BCUT2D eigenvalue weighted by Crippen LogP contribution is 2.43. The van der Waals surface area contributed by atoms with Crippen LogP contribution in [-0.4, -0.2) is 15.0 Å². The third kappa shape index (κ3) is 5.02. The summed E-state index contributed by atoms with van der Waals surface area (Å²) in [5, 5.41) is 10.2. The van der Waals surface area contributed by atoms with Gasteiger partial charge in [-0.25, -0.2) is 9.97 Å². The molecule has 0 saturated heterocycles. The zero-order valence-electron chi connectivity index (χ0n) is 28.2. The predicted molar refractivity (Wildman–Crippen MR) is 217 cm³/mol. The molecule has 3 heteroatoms. The van der Waals surface area contributed by atoms with Crippen LogP contribution >= 0.6 is 0 Å². The Morgan fingerprint density at radius 3 is 1.48 bits per heavy atom. The lowest BCUT2D eigenvalue weighted by molar-refractivity contribution is 1.18. The minimum absolute atomic E-state index is 0.680. The topological polar surface area (TPSA) is 38.7 Å².